The Morgan fingerprint density at radius 3 is 2.83 bits per heavy atom. The van der Waals surface area contributed by atoms with E-state index in [2.05, 4.69) is 20.3 Å². The molecular formula is C13H13ClN6OS3. The Bertz CT molecular complexity index is 902. The monoisotopic (exact) mass is 400 g/mol. The van der Waals surface area contributed by atoms with Gasteiger partial charge in [-0.05, 0) is 18.4 Å². The predicted molar refractivity (Wildman–Crippen MR) is 104 cm³/mol. The Labute approximate surface area is 156 Å². The maximum atomic E-state index is 12.2. The van der Waals surface area contributed by atoms with E-state index < -0.39 is 0 Å². The van der Waals surface area contributed by atoms with Crippen molar-refractivity contribution >= 4 is 79.2 Å². The first-order valence-corrected chi connectivity index (χ1v) is 9.29. The fourth-order valence-corrected chi connectivity index (χ4v) is 4.03. The smallest absolute Gasteiger partial charge is 0.276 e. The number of aromatic nitrogens is 2. The van der Waals surface area contributed by atoms with Crippen LogP contribution in [0, 0.1) is 0 Å². The van der Waals surface area contributed by atoms with E-state index >= 15 is 0 Å². The van der Waals surface area contributed by atoms with Crippen LogP contribution in [0.25, 0.3) is 10.2 Å². The third kappa shape index (κ3) is 3.96. The molecule has 0 aliphatic heterocycles. The Morgan fingerprint density at radius 1 is 1.33 bits per heavy atom. The van der Waals surface area contributed by atoms with Crippen molar-refractivity contribution in [2.24, 2.45) is 16.5 Å². The second-order valence-corrected chi connectivity index (χ2v) is 7.05. The highest BCUT2D eigenvalue weighted by Crippen LogP contribution is 2.32. The molecule has 0 saturated carbocycles. The molecule has 0 atom stereocenters. The largest absolute Gasteiger partial charge is 0.370 e. The fourth-order valence-electron chi connectivity index (χ4n) is 1.83. The molecule has 0 aliphatic rings. The van der Waals surface area contributed by atoms with E-state index in [-0.39, 0.29) is 30.0 Å². The number of hydrogen-bond acceptors (Lipinski definition) is 7. The normalized spacial score (nSPS) is 10.2. The van der Waals surface area contributed by atoms with E-state index in [0.717, 1.165) is 15.1 Å². The third-order valence-electron chi connectivity index (χ3n) is 2.77. The molecule has 0 aliphatic carbocycles. The molecule has 2 aromatic heterocycles. The molecule has 1 aromatic carbocycles. The number of nitrogens with two attached hydrogens (primary N) is 2. The number of guanidine groups is 1. The first kappa shape index (κ1) is 18.5. The van der Waals surface area contributed by atoms with Crippen LogP contribution in [0.2, 0.25) is 0 Å². The van der Waals surface area contributed by atoms with Crippen molar-refractivity contribution in [3.8, 4) is 0 Å². The van der Waals surface area contributed by atoms with Gasteiger partial charge in [0.05, 0.1) is 10.2 Å². The minimum atomic E-state index is -0.344. The summed E-state index contributed by atoms with van der Waals surface area (Å²) in [6.07, 6.45) is 1.99. The molecule has 24 heavy (non-hydrogen) atoms. The average molecular weight is 401 g/mol. The van der Waals surface area contributed by atoms with Gasteiger partial charge in [0.25, 0.3) is 5.91 Å². The minimum absolute atomic E-state index is 0. The van der Waals surface area contributed by atoms with Gasteiger partial charge in [-0.15, -0.1) is 35.5 Å². The lowest BCUT2D eigenvalue weighted by Gasteiger charge is -1.97. The number of thioether (sulfide) groups is 1. The molecule has 2 heterocycles. The zero-order valence-corrected chi connectivity index (χ0v) is 15.6. The minimum Gasteiger partial charge on any atom is -0.370 e. The van der Waals surface area contributed by atoms with Crippen molar-refractivity contribution in [3.05, 3.63) is 29.3 Å². The van der Waals surface area contributed by atoms with Gasteiger partial charge in [-0.3, -0.25) is 10.1 Å². The maximum Gasteiger partial charge on any atom is 0.276 e. The molecule has 3 aromatic rings. The van der Waals surface area contributed by atoms with E-state index in [1.165, 1.54) is 22.7 Å². The van der Waals surface area contributed by atoms with Crippen molar-refractivity contribution in [1.82, 2.24) is 9.97 Å². The van der Waals surface area contributed by atoms with Crippen LogP contribution in [0.15, 0.2) is 33.5 Å². The summed E-state index contributed by atoms with van der Waals surface area (Å²) >= 11 is 4.23. The van der Waals surface area contributed by atoms with Gasteiger partial charge in [0, 0.05) is 10.3 Å². The lowest BCUT2D eigenvalue weighted by Crippen LogP contribution is -2.21. The van der Waals surface area contributed by atoms with Gasteiger partial charge < -0.3 is 11.5 Å². The summed E-state index contributed by atoms with van der Waals surface area (Å²) in [6.45, 7) is 0. The number of nitrogens with one attached hydrogen (secondary N) is 1. The number of amides is 1. The van der Waals surface area contributed by atoms with Crippen LogP contribution < -0.4 is 16.8 Å². The molecule has 0 unspecified atom stereocenters. The van der Waals surface area contributed by atoms with Gasteiger partial charge >= 0.3 is 0 Å². The second-order valence-electron chi connectivity index (χ2n) is 4.33. The molecule has 3 rings (SSSR count). The third-order valence-corrected chi connectivity index (χ3v) is 5.21. The summed E-state index contributed by atoms with van der Waals surface area (Å²) in [5, 5.41) is 5.22. The quantitative estimate of drug-likeness (QED) is 0.351. The molecule has 7 nitrogen and oxygen atoms in total. The zero-order chi connectivity index (χ0) is 16.4. The number of fused-ring (bicyclic) bond motifs is 1. The number of halogens is 1. The number of benzene rings is 1. The van der Waals surface area contributed by atoms with Gasteiger partial charge in [0.15, 0.2) is 11.1 Å². The van der Waals surface area contributed by atoms with Crippen LogP contribution in [-0.4, -0.2) is 28.1 Å². The van der Waals surface area contributed by atoms with Crippen molar-refractivity contribution in [2.75, 3.05) is 11.6 Å². The number of hydrogen-bond donors (Lipinski definition) is 3. The Hall–Kier alpha value is -1.88. The summed E-state index contributed by atoms with van der Waals surface area (Å²) in [6, 6.07) is 5.95. The van der Waals surface area contributed by atoms with Crippen LogP contribution in [-0.2, 0) is 0 Å². The van der Waals surface area contributed by atoms with Gasteiger partial charge in [-0.2, -0.15) is 4.99 Å². The average Bonchev–Trinajstić information content (AvgIpc) is 3.12. The molecule has 0 fully saturated rings. The predicted octanol–water partition coefficient (Wildman–Crippen LogP) is 3.05. The molecule has 0 radical (unpaired) electrons. The lowest BCUT2D eigenvalue weighted by atomic mass is 10.3. The van der Waals surface area contributed by atoms with Crippen LogP contribution >= 0.6 is 46.8 Å². The molecule has 126 valence electrons. The van der Waals surface area contributed by atoms with Gasteiger partial charge in [0.2, 0.25) is 5.13 Å². The summed E-state index contributed by atoms with van der Waals surface area (Å²) in [7, 11) is 0. The number of nitrogens with zero attached hydrogens (tertiary/aromatic N) is 3. The summed E-state index contributed by atoms with van der Waals surface area (Å²) in [4.78, 5) is 25.7. The number of thiazole rings is 2. The highest BCUT2D eigenvalue weighted by atomic mass is 35.5. The second kappa shape index (κ2) is 7.79. The maximum absolute atomic E-state index is 12.2. The molecule has 0 saturated heterocycles. The summed E-state index contributed by atoms with van der Waals surface area (Å²) in [5.74, 6) is -0.440. The van der Waals surface area contributed by atoms with Gasteiger partial charge in [-0.1, -0.05) is 17.4 Å². The fraction of sp³-hybridized carbons (Fsp3) is 0.0769. The SMILES string of the molecule is CSc1cccc2sc(NC(=O)c3csc(N=C(N)N)n3)nc12.Cl. The van der Waals surface area contributed by atoms with Crippen molar-refractivity contribution in [1.29, 1.82) is 0 Å². The van der Waals surface area contributed by atoms with Crippen LogP contribution in [0.4, 0.5) is 10.3 Å². The Balaban J connectivity index is 0.00000208. The topological polar surface area (TPSA) is 119 Å². The standard InChI is InChI=1S/C13H12N6OS3.ClH/c1-21-7-3-2-4-8-9(7)17-13(23-8)18-10(20)6-5-22-12(16-6)19-11(14)15;/h2-5H,1H3,(H,17,18,20)(H4,14,15,16,19);1H. The molecule has 5 N–H and O–H groups in total. The molecule has 0 spiro atoms. The van der Waals surface area contributed by atoms with Crippen LogP contribution in [0.1, 0.15) is 10.5 Å². The van der Waals surface area contributed by atoms with Gasteiger partial charge in [0.1, 0.15) is 5.69 Å². The molecular weight excluding hydrogens is 388 g/mol. The first-order chi connectivity index (χ1) is 11.1. The summed E-state index contributed by atoms with van der Waals surface area (Å²) < 4.78 is 1.02. The number of rotatable bonds is 4. The Morgan fingerprint density at radius 2 is 2.12 bits per heavy atom. The molecule has 0 bridgehead atoms. The van der Waals surface area contributed by atoms with E-state index in [4.69, 9.17) is 11.5 Å². The number of carbonyl (C=O) groups is 1. The highest BCUT2D eigenvalue weighted by Gasteiger charge is 2.14. The highest BCUT2D eigenvalue weighted by molar-refractivity contribution is 7.98. The van der Waals surface area contributed by atoms with Gasteiger partial charge in [-0.25, -0.2) is 9.97 Å². The number of para-hydroxylation sites is 1. The van der Waals surface area contributed by atoms with E-state index in [1.807, 2.05) is 24.5 Å². The molecule has 1 amide bonds. The zero-order valence-electron chi connectivity index (χ0n) is 12.3. The summed E-state index contributed by atoms with van der Waals surface area (Å²) in [5.41, 5.74) is 11.7. The van der Waals surface area contributed by atoms with Crippen molar-refractivity contribution < 1.29 is 4.79 Å². The van der Waals surface area contributed by atoms with E-state index in [9.17, 15) is 4.79 Å². The first-order valence-electron chi connectivity index (χ1n) is 6.37. The molecule has 11 heteroatoms. The van der Waals surface area contributed by atoms with E-state index in [1.54, 1.807) is 17.1 Å². The number of anilines is 1. The van der Waals surface area contributed by atoms with Crippen molar-refractivity contribution in [2.45, 2.75) is 4.90 Å². The van der Waals surface area contributed by atoms with E-state index in [0.29, 0.717) is 10.3 Å². The Kier molecular flexibility index (Phi) is 5.99. The van der Waals surface area contributed by atoms with Crippen LogP contribution in [0.3, 0.4) is 0 Å². The van der Waals surface area contributed by atoms with Crippen LogP contribution in [0.5, 0.6) is 0 Å². The lowest BCUT2D eigenvalue weighted by molar-refractivity contribution is 0.102. The number of carbonyl (C=O) groups excluding carboxylic acids is 1. The number of aliphatic imine (C=N–C) groups is 1. The van der Waals surface area contributed by atoms with Crippen molar-refractivity contribution in [3.63, 3.8) is 0 Å².